The van der Waals surface area contributed by atoms with Crippen LogP contribution in [-0.4, -0.2) is 42.7 Å². The number of likely N-dealkylation sites (tertiary alicyclic amines) is 1. The molecule has 0 spiro atoms. The molecule has 1 saturated heterocycles. The predicted molar refractivity (Wildman–Crippen MR) is 87.4 cm³/mol. The molecule has 114 valence electrons. The maximum Gasteiger partial charge on any atom is 0.236 e. The number of amides is 1. The molecule has 1 aromatic carbocycles. The first-order valence-corrected chi connectivity index (χ1v) is 8.96. The van der Waals surface area contributed by atoms with E-state index in [4.69, 9.17) is 0 Å². The van der Waals surface area contributed by atoms with Gasteiger partial charge in [0.1, 0.15) is 0 Å². The van der Waals surface area contributed by atoms with E-state index in [1.54, 1.807) is 0 Å². The monoisotopic (exact) mass is 304 g/mol. The van der Waals surface area contributed by atoms with Gasteiger partial charge in [-0.25, -0.2) is 0 Å². The van der Waals surface area contributed by atoms with Crippen molar-refractivity contribution >= 4 is 17.7 Å². The molecule has 1 heterocycles. The van der Waals surface area contributed by atoms with Crippen LogP contribution in [-0.2, 0) is 4.79 Å². The van der Waals surface area contributed by atoms with Crippen molar-refractivity contribution in [2.75, 3.05) is 31.9 Å². The molecule has 4 heteroatoms. The van der Waals surface area contributed by atoms with E-state index in [1.165, 1.54) is 17.7 Å². The Balaban J connectivity index is 1.35. The molecule has 0 radical (unpaired) electrons. The van der Waals surface area contributed by atoms with E-state index in [-0.39, 0.29) is 5.91 Å². The van der Waals surface area contributed by atoms with Gasteiger partial charge in [0, 0.05) is 23.7 Å². The zero-order chi connectivity index (χ0) is 14.5. The third-order valence-electron chi connectivity index (χ3n) is 4.27. The van der Waals surface area contributed by atoms with Gasteiger partial charge in [0.15, 0.2) is 0 Å². The van der Waals surface area contributed by atoms with E-state index in [0.717, 1.165) is 37.7 Å². The Morgan fingerprint density at radius 2 is 2.00 bits per heavy atom. The number of carbonyl (C=O) groups excluding carboxylic acids is 1. The van der Waals surface area contributed by atoms with Gasteiger partial charge in [-0.1, -0.05) is 18.2 Å². The third kappa shape index (κ3) is 4.75. The molecule has 1 unspecified atom stereocenters. The lowest BCUT2D eigenvalue weighted by atomic mass is 10.2. The zero-order valence-electron chi connectivity index (χ0n) is 12.5. The molecule has 0 aromatic heterocycles. The largest absolute Gasteiger partial charge is 0.341 e. The Morgan fingerprint density at radius 3 is 2.76 bits per heavy atom. The van der Waals surface area contributed by atoms with E-state index in [1.807, 2.05) is 16.7 Å². The Kier molecular flexibility index (Phi) is 5.20. The van der Waals surface area contributed by atoms with Crippen molar-refractivity contribution in [3.8, 4) is 0 Å². The van der Waals surface area contributed by atoms with Gasteiger partial charge < -0.3 is 10.2 Å². The second kappa shape index (κ2) is 7.32. The lowest BCUT2D eigenvalue weighted by molar-refractivity contribution is -0.129. The number of nitrogens with zero attached hydrogens (tertiary/aromatic N) is 1. The van der Waals surface area contributed by atoms with Gasteiger partial charge in [0.05, 0.1) is 6.54 Å². The minimum absolute atomic E-state index is 0.280. The van der Waals surface area contributed by atoms with Crippen LogP contribution in [0.15, 0.2) is 35.2 Å². The molecule has 1 aromatic rings. The van der Waals surface area contributed by atoms with Gasteiger partial charge in [0.2, 0.25) is 5.91 Å². The fourth-order valence-electron chi connectivity index (χ4n) is 2.74. The summed E-state index contributed by atoms with van der Waals surface area (Å²) in [5, 5.41) is 3.30. The van der Waals surface area contributed by atoms with Crippen LogP contribution in [0.4, 0.5) is 0 Å². The minimum atomic E-state index is 0.280. The zero-order valence-corrected chi connectivity index (χ0v) is 13.3. The quantitative estimate of drug-likeness (QED) is 0.786. The molecule has 1 saturated carbocycles. The van der Waals surface area contributed by atoms with Crippen LogP contribution in [0.2, 0.25) is 0 Å². The minimum Gasteiger partial charge on any atom is -0.341 e. The van der Waals surface area contributed by atoms with Gasteiger partial charge in [0.25, 0.3) is 0 Å². The Morgan fingerprint density at radius 1 is 1.19 bits per heavy atom. The number of rotatable bonds is 7. The van der Waals surface area contributed by atoms with E-state index in [2.05, 4.69) is 35.6 Å². The van der Waals surface area contributed by atoms with Crippen LogP contribution < -0.4 is 5.32 Å². The lowest BCUT2D eigenvalue weighted by Crippen LogP contribution is -2.37. The van der Waals surface area contributed by atoms with E-state index in [9.17, 15) is 4.79 Å². The summed E-state index contributed by atoms with van der Waals surface area (Å²) in [4.78, 5) is 15.5. The van der Waals surface area contributed by atoms with Crippen LogP contribution in [0, 0.1) is 11.8 Å². The number of thioether (sulfide) groups is 1. The normalized spacial score (nSPS) is 21.7. The number of nitrogens with one attached hydrogen (secondary N) is 1. The van der Waals surface area contributed by atoms with Crippen molar-refractivity contribution in [1.82, 2.24) is 10.2 Å². The summed E-state index contributed by atoms with van der Waals surface area (Å²) in [5.41, 5.74) is 0. The molecule has 1 aliphatic heterocycles. The van der Waals surface area contributed by atoms with Gasteiger partial charge in [-0.3, -0.25) is 4.79 Å². The summed E-state index contributed by atoms with van der Waals surface area (Å²) in [6, 6.07) is 10.5. The topological polar surface area (TPSA) is 32.3 Å². The highest BCUT2D eigenvalue weighted by molar-refractivity contribution is 7.99. The average Bonchev–Trinajstić information content (AvgIpc) is 3.21. The van der Waals surface area contributed by atoms with Crippen LogP contribution in [0.5, 0.6) is 0 Å². The van der Waals surface area contributed by atoms with Crippen LogP contribution in [0.1, 0.15) is 19.3 Å². The Hall–Kier alpha value is -1.00. The van der Waals surface area contributed by atoms with E-state index < -0.39 is 0 Å². The number of hydrogen-bond donors (Lipinski definition) is 1. The maximum atomic E-state index is 12.1. The standard InChI is InChI=1S/C17H24N2OS/c20-17(11-18-10-14-6-7-14)19-9-8-15(12-19)13-21-16-4-2-1-3-5-16/h1-5,14-15,18H,6-13H2. The highest BCUT2D eigenvalue weighted by atomic mass is 32.2. The third-order valence-corrected chi connectivity index (χ3v) is 5.52. The van der Waals surface area contributed by atoms with Crippen molar-refractivity contribution in [1.29, 1.82) is 0 Å². The molecular formula is C17H24N2OS. The fraction of sp³-hybridized carbons (Fsp3) is 0.588. The summed E-state index contributed by atoms with van der Waals surface area (Å²) < 4.78 is 0. The first kappa shape index (κ1) is 14.9. The van der Waals surface area contributed by atoms with Gasteiger partial charge in [-0.2, -0.15) is 0 Å². The predicted octanol–water partition coefficient (Wildman–Crippen LogP) is 2.63. The van der Waals surface area contributed by atoms with Gasteiger partial charge >= 0.3 is 0 Å². The highest BCUT2D eigenvalue weighted by Crippen LogP contribution is 2.28. The molecule has 0 bridgehead atoms. The van der Waals surface area contributed by atoms with Crippen LogP contribution in [0.25, 0.3) is 0 Å². The van der Waals surface area contributed by atoms with Gasteiger partial charge in [-0.15, -0.1) is 11.8 Å². The summed E-state index contributed by atoms with van der Waals surface area (Å²) in [5.74, 6) is 2.88. The Bertz CT molecular complexity index is 461. The summed E-state index contributed by atoms with van der Waals surface area (Å²) in [7, 11) is 0. The molecule has 2 fully saturated rings. The molecule has 1 aliphatic carbocycles. The van der Waals surface area contributed by atoms with Crippen LogP contribution in [0.3, 0.4) is 0 Å². The van der Waals surface area contributed by atoms with Crippen molar-refractivity contribution in [2.24, 2.45) is 11.8 Å². The molecule has 21 heavy (non-hydrogen) atoms. The first-order chi connectivity index (χ1) is 10.3. The maximum absolute atomic E-state index is 12.1. The highest BCUT2D eigenvalue weighted by Gasteiger charge is 2.26. The van der Waals surface area contributed by atoms with Crippen molar-refractivity contribution in [2.45, 2.75) is 24.2 Å². The first-order valence-electron chi connectivity index (χ1n) is 7.97. The SMILES string of the molecule is O=C(CNCC1CC1)N1CCC(CSc2ccccc2)C1. The molecule has 1 amide bonds. The number of carbonyl (C=O) groups is 1. The summed E-state index contributed by atoms with van der Waals surface area (Å²) in [6.07, 6.45) is 3.82. The Labute approximate surface area is 131 Å². The smallest absolute Gasteiger partial charge is 0.236 e. The second-order valence-electron chi connectivity index (χ2n) is 6.19. The molecule has 2 aliphatic rings. The van der Waals surface area contributed by atoms with E-state index >= 15 is 0 Å². The van der Waals surface area contributed by atoms with Crippen molar-refractivity contribution < 1.29 is 4.79 Å². The number of hydrogen-bond acceptors (Lipinski definition) is 3. The fourth-order valence-corrected chi connectivity index (χ4v) is 3.79. The summed E-state index contributed by atoms with van der Waals surface area (Å²) >= 11 is 1.91. The van der Waals surface area contributed by atoms with Gasteiger partial charge in [-0.05, 0) is 49.8 Å². The van der Waals surface area contributed by atoms with Crippen molar-refractivity contribution in [3.05, 3.63) is 30.3 Å². The summed E-state index contributed by atoms with van der Waals surface area (Å²) in [6.45, 7) is 3.41. The van der Waals surface area contributed by atoms with Crippen molar-refractivity contribution in [3.63, 3.8) is 0 Å². The average molecular weight is 304 g/mol. The molecule has 3 rings (SSSR count). The van der Waals surface area contributed by atoms with E-state index in [0.29, 0.717) is 12.5 Å². The second-order valence-corrected chi connectivity index (χ2v) is 7.29. The molecule has 1 atom stereocenters. The molecular weight excluding hydrogens is 280 g/mol. The molecule has 3 nitrogen and oxygen atoms in total. The van der Waals surface area contributed by atoms with Crippen LogP contribution >= 0.6 is 11.8 Å². The lowest BCUT2D eigenvalue weighted by Gasteiger charge is -2.17. The molecule has 1 N–H and O–H groups in total. The number of benzene rings is 1.